The number of aromatic nitrogens is 1. The van der Waals surface area contributed by atoms with Crippen molar-refractivity contribution in [1.82, 2.24) is 4.68 Å². The zero-order chi connectivity index (χ0) is 13.6. The maximum absolute atomic E-state index is 5.75. The molecule has 0 bridgehead atoms. The van der Waals surface area contributed by atoms with Crippen LogP contribution in [-0.4, -0.2) is 4.68 Å². The van der Waals surface area contributed by atoms with E-state index in [1.165, 1.54) is 5.56 Å². The lowest BCUT2D eigenvalue weighted by Crippen LogP contribution is -2.05. The lowest BCUT2D eigenvalue weighted by molar-refractivity contribution is 0.306. The van der Waals surface area contributed by atoms with E-state index in [1.807, 2.05) is 71.7 Å². The highest BCUT2D eigenvalue weighted by atomic mass is 16.5. The summed E-state index contributed by atoms with van der Waals surface area (Å²) in [4.78, 5) is 0. The molecule has 3 nitrogen and oxygen atoms in total. The molecule has 0 saturated heterocycles. The second kappa shape index (κ2) is 5.97. The summed E-state index contributed by atoms with van der Waals surface area (Å²) in [5, 5.41) is 0. The molecule has 0 saturated carbocycles. The summed E-state index contributed by atoms with van der Waals surface area (Å²) in [5.41, 5.74) is 5.44. The van der Waals surface area contributed by atoms with E-state index in [4.69, 9.17) is 4.74 Å². The van der Waals surface area contributed by atoms with E-state index in [1.54, 1.807) is 0 Å². The van der Waals surface area contributed by atoms with Gasteiger partial charge >= 0.3 is 0 Å². The van der Waals surface area contributed by atoms with Crippen LogP contribution in [0.2, 0.25) is 0 Å². The van der Waals surface area contributed by atoms with Crippen LogP contribution in [0.1, 0.15) is 5.56 Å². The monoisotopic (exact) mass is 264 g/mol. The van der Waals surface area contributed by atoms with Gasteiger partial charge in [0.1, 0.15) is 12.4 Å². The second-order valence-corrected chi connectivity index (χ2v) is 4.50. The average Bonchev–Trinajstić information content (AvgIpc) is 3.01. The third-order valence-electron chi connectivity index (χ3n) is 2.97. The zero-order valence-corrected chi connectivity index (χ0v) is 11.1. The molecule has 100 valence electrons. The third-order valence-corrected chi connectivity index (χ3v) is 2.97. The molecule has 0 unspecified atom stereocenters. The van der Waals surface area contributed by atoms with Crippen molar-refractivity contribution in [2.45, 2.75) is 6.61 Å². The molecular weight excluding hydrogens is 248 g/mol. The minimum absolute atomic E-state index is 0.589. The summed E-state index contributed by atoms with van der Waals surface area (Å²) < 4.78 is 7.65. The predicted molar refractivity (Wildman–Crippen MR) is 80.7 cm³/mol. The maximum Gasteiger partial charge on any atom is 0.119 e. The molecule has 0 atom stereocenters. The molecule has 1 N–H and O–H groups in total. The number of hydrogen-bond acceptors (Lipinski definition) is 2. The molecule has 0 amide bonds. The summed E-state index contributed by atoms with van der Waals surface area (Å²) >= 11 is 0. The van der Waals surface area contributed by atoms with Gasteiger partial charge in [0.25, 0.3) is 0 Å². The zero-order valence-electron chi connectivity index (χ0n) is 11.1. The SMILES string of the molecule is c1ccc(COc2ccc(Nn3cccc3)cc2)cc1. The Morgan fingerprint density at radius 3 is 2.20 bits per heavy atom. The van der Waals surface area contributed by atoms with E-state index in [0.717, 1.165) is 11.4 Å². The minimum Gasteiger partial charge on any atom is -0.489 e. The molecule has 3 rings (SSSR count). The molecular formula is C17H16N2O. The number of nitrogens with one attached hydrogen (secondary N) is 1. The Labute approximate surface area is 118 Å². The van der Waals surface area contributed by atoms with E-state index >= 15 is 0 Å². The van der Waals surface area contributed by atoms with Crippen LogP contribution in [0, 0.1) is 0 Å². The van der Waals surface area contributed by atoms with E-state index < -0.39 is 0 Å². The van der Waals surface area contributed by atoms with Crippen LogP contribution >= 0.6 is 0 Å². The normalized spacial score (nSPS) is 10.2. The summed E-state index contributed by atoms with van der Waals surface area (Å²) in [7, 11) is 0. The van der Waals surface area contributed by atoms with Gasteiger partial charge in [0.2, 0.25) is 0 Å². The van der Waals surface area contributed by atoms with Gasteiger partial charge in [-0.25, -0.2) is 0 Å². The molecule has 3 heteroatoms. The number of anilines is 1. The highest BCUT2D eigenvalue weighted by Gasteiger charge is 1.97. The molecule has 0 aliphatic rings. The van der Waals surface area contributed by atoms with Gasteiger partial charge in [-0.1, -0.05) is 30.3 Å². The van der Waals surface area contributed by atoms with Crippen molar-refractivity contribution >= 4 is 5.69 Å². The van der Waals surface area contributed by atoms with Crippen LogP contribution in [0.15, 0.2) is 79.1 Å². The Morgan fingerprint density at radius 2 is 1.50 bits per heavy atom. The van der Waals surface area contributed by atoms with Crippen LogP contribution in [0.25, 0.3) is 0 Å². The fourth-order valence-corrected chi connectivity index (χ4v) is 1.92. The molecule has 0 radical (unpaired) electrons. The Kier molecular flexibility index (Phi) is 3.69. The van der Waals surface area contributed by atoms with Crippen molar-refractivity contribution in [2.24, 2.45) is 0 Å². The van der Waals surface area contributed by atoms with Gasteiger partial charge in [0, 0.05) is 12.4 Å². The van der Waals surface area contributed by atoms with Gasteiger partial charge in [0.15, 0.2) is 0 Å². The molecule has 0 aliphatic heterocycles. The lowest BCUT2D eigenvalue weighted by atomic mass is 10.2. The van der Waals surface area contributed by atoms with Gasteiger partial charge in [0.05, 0.1) is 5.69 Å². The van der Waals surface area contributed by atoms with Gasteiger partial charge in [-0.05, 0) is 42.0 Å². The Bertz CT molecular complexity index is 631. The molecule has 3 aromatic rings. The molecule has 1 heterocycles. The fourth-order valence-electron chi connectivity index (χ4n) is 1.92. The van der Waals surface area contributed by atoms with E-state index in [2.05, 4.69) is 17.6 Å². The van der Waals surface area contributed by atoms with Gasteiger partial charge in [-0.3, -0.25) is 10.1 Å². The second-order valence-electron chi connectivity index (χ2n) is 4.50. The van der Waals surface area contributed by atoms with Crippen LogP contribution < -0.4 is 10.2 Å². The highest BCUT2D eigenvalue weighted by Crippen LogP contribution is 2.17. The minimum atomic E-state index is 0.589. The van der Waals surface area contributed by atoms with Crippen molar-refractivity contribution in [2.75, 3.05) is 5.43 Å². The quantitative estimate of drug-likeness (QED) is 0.755. The van der Waals surface area contributed by atoms with Crippen LogP contribution in [0.5, 0.6) is 5.75 Å². The Hall–Kier alpha value is -2.68. The largest absolute Gasteiger partial charge is 0.489 e. The molecule has 2 aromatic carbocycles. The fraction of sp³-hybridized carbons (Fsp3) is 0.0588. The Balaban J connectivity index is 1.59. The van der Waals surface area contributed by atoms with Crippen molar-refractivity contribution in [3.63, 3.8) is 0 Å². The molecule has 1 aromatic heterocycles. The van der Waals surface area contributed by atoms with E-state index in [0.29, 0.717) is 6.61 Å². The van der Waals surface area contributed by atoms with E-state index in [9.17, 15) is 0 Å². The summed E-state index contributed by atoms with van der Waals surface area (Å²) in [5.74, 6) is 0.868. The number of ether oxygens (including phenoxy) is 1. The summed E-state index contributed by atoms with van der Waals surface area (Å²) in [6, 6.07) is 22.0. The first-order valence-electron chi connectivity index (χ1n) is 6.57. The van der Waals surface area contributed by atoms with Gasteiger partial charge < -0.3 is 4.74 Å². The molecule has 0 fully saturated rings. The van der Waals surface area contributed by atoms with Crippen LogP contribution in [0.4, 0.5) is 5.69 Å². The maximum atomic E-state index is 5.75. The summed E-state index contributed by atoms with van der Waals surface area (Å²) in [6.45, 7) is 0.589. The molecule has 20 heavy (non-hydrogen) atoms. The highest BCUT2D eigenvalue weighted by molar-refractivity contribution is 5.46. The van der Waals surface area contributed by atoms with Crippen molar-refractivity contribution in [1.29, 1.82) is 0 Å². The van der Waals surface area contributed by atoms with Crippen LogP contribution in [0.3, 0.4) is 0 Å². The van der Waals surface area contributed by atoms with Crippen molar-refractivity contribution < 1.29 is 4.74 Å². The first-order chi connectivity index (χ1) is 9.90. The number of nitrogens with zero attached hydrogens (tertiary/aromatic N) is 1. The van der Waals surface area contributed by atoms with Gasteiger partial charge in [-0.15, -0.1) is 0 Å². The average molecular weight is 264 g/mol. The molecule has 0 spiro atoms. The van der Waals surface area contributed by atoms with Crippen molar-refractivity contribution in [3.8, 4) is 5.75 Å². The van der Waals surface area contributed by atoms with Gasteiger partial charge in [-0.2, -0.15) is 0 Å². The lowest BCUT2D eigenvalue weighted by Gasteiger charge is -2.09. The predicted octanol–water partition coefficient (Wildman–Crippen LogP) is 3.94. The number of rotatable bonds is 5. The standard InChI is InChI=1S/C17H16N2O/c1-2-6-15(7-3-1)14-20-17-10-8-16(9-11-17)18-19-12-4-5-13-19/h1-13,18H,14H2. The third kappa shape index (κ3) is 3.20. The smallest absolute Gasteiger partial charge is 0.119 e. The topological polar surface area (TPSA) is 26.2 Å². The first kappa shape index (κ1) is 12.4. The number of hydrogen-bond donors (Lipinski definition) is 1. The van der Waals surface area contributed by atoms with Crippen LogP contribution in [-0.2, 0) is 6.61 Å². The first-order valence-corrected chi connectivity index (χ1v) is 6.57. The van der Waals surface area contributed by atoms with E-state index in [-0.39, 0.29) is 0 Å². The molecule has 0 aliphatic carbocycles. The Morgan fingerprint density at radius 1 is 0.800 bits per heavy atom. The summed E-state index contributed by atoms with van der Waals surface area (Å²) in [6.07, 6.45) is 3.92. The van der Waals surface area contributed by atoms with Crippen molar-refractivity contribution in [3.05, 3.63) is 84.7 Å². The number of benzene rings is 2.